The van der Waals surface area contributed by atoms with Gasteiger partial charge in [0.15, 0.2) is 5.84 Å². The molecule has 166 valence electrons. The normalized spacial score (nSPS) is 25.4. The quantitative estimate of drug-likeness (QED) is 0.682. The number of aliphatic imine (C=N–C) groups is 3. The van der Waals surface area contributed by atoms with Gasteiger partial charge in [0.1, 0.15) is 5.71 Å². The van der Waals surface area contributed by atoms with E-state index in [1.165, 1.54) is 0 Å². The molecule has 3 heterocycles. The maximum absolute atomic E-state index is 11.4. The molecule has 0 bridgehead atoms. The lowest BCUT2D eigenvalue weighted by Gasteiger charge is -2.29. The number of nitrogens with zero attached hydrogens (tertiary/aromatic N) is 5. The number of amidine groups is 1. The monoisotopic (exact) mass is 425 g/mol. The van der Waals surface area contributed by atoms with Crippen molar-refractivity contribution in [1.29, 1.82) is 0 Å². The van der Waals surface area contributed by atoms with Gasteiger partial charge in [0, 0.05) is 46.0 Å². The minimum atomic E-state index is -0.775. The lowest BCUT2D eigenvalue weighted by atomic mass is 10.0. The lowest BCUT2D eigenvalue weighted by molar-refractivity contribution is -0.141. The van der Waals surface area contributed by atoms with Gasteiger partial charge in [0.25, 0.3) is 0 Å². The van der Waals surface area contributed by atoms with E-state index in [2.05, 4.69) is 27.5 Å². The number of likely N-dealkylation sites (tertiary alicyclic amines) is 1. The highest BCUT2D eigenvalue weighted by atomic mass is 16.5. The Labute approximate surface area is 183 Å². The number of hydrogen-bond donors (Lipinski definition) is 1. The maximum atomic E-state index is 11.4. The molecule has 1 unspecified atom stereocenters. The SMILES string of the molecule is C=C(/C=C\C(=C/C)N1CCOCC1)C1=CC(=NC)C(=NC)C(N2CCC(C(=O)O)C2)=N1. The summed E-state index contributed by atoms with van der Waals surface area (Å²) in [5.74, 6) is -0.507. The van der Waals surface area contributed by atoms with Gasteiger partial charge in [-0.25, -0.2) is 4.99 Å². The first-order valence-electron chi connectivity index (χ1n) is 10.6. The fourth-order valence-corrected chi connectivity index (χ4v) is 3.91. The second-order valence-electron chi connectivity index (χ2n) is 7.59. The molecule has 1 N–H and O–H groups in total. The standard InChI is InChI=1S/C23H31N5O3/c1-5-18(27-10-12-31-13-11-27)7-6-16(2)19-14-20(24-3)21(25-4)22(26-19)28-9-8-17(15-28)23(29)30/h5-7,14,17H,2,8-13,15H2,1,3-4H3,(H,29,30)/b7-6-,18-5+,24-20?,25-21?. The Kier molecular flexibility index (Phi) is 7.57. The predicted octanol–water partition coefficient (Wildman–Crippen LogP) is 2.18. The summed E-state index contributed by atoms with van der Waals surface area (Å²) in [6, 6.07) is 0. The van der Waals surface area contributed by atoms with Crippen LogP contribution in [0.1, 0.15) is 13.3 Å². The van der Waals surface area contributed by atoms with Crippen LogP contribution in [0, 0.1) is 5.92 Å². The number of carbonyl (C=O) groups is 1. The molecular weight excluding hydrogens is 394 g/mol. The Hall–Kier alpha value is -3.00. The van der Waals surface area contributed by atoms with Crippen LogP contribution < -0.4 is 0 Å². The molecule has 3 aliphatic heterocycles. The molecule has 0 aromatic rings. The average molecular weight is 426 g/mol. The van der Waals surface area contributed by atoms with Crippen LogP contribution >= 0.6 is 0 Å². The van der Waals surface area contributed by atoms with Gasteiger partial charge < -0.3 is 19.6 Å². The van der Waals surface area contributed by atoms with Crippen molar-refractivity contribution in [2.75, 3.05) is 53.5 Å². The molecule has 2 saturated heterocycles. The van der Waals surface area contributed by atoms with Gasteiger partial charge in [-0.05, 0) is 31.1 Å². The number of carboxylic acids is 1. The van der Waals surface area contributed by atoms with Gasteiger partial charge >= 0.3 is 5.97 Å². The summed E-state index contributed by atoms with van der Waals surface area (Å²) >= 11 is 0. The topological polar surface area (TPSA) is 90.1 Å². The number of rotatable bonds is 5. The summed E-state index contributed by atoms with van der Waals surface area (Å²) in [4.78, 5) is 29.3. The van der Waals surface area contributed by atoms with Crippen molar-refractivity contribution in [3.8, 4) is 0 Å². The smallest absolute Gasteiger partial charge is 0.308 e. The van der Waals surface area contributed by atoms with Gasteiger partial charge in [-0.15, -0.1) is 0 Å². The van der Waals surface area contributed by atoms with Gasteiger partial charge in [-0.3, -0.25) is 14.8 Å². The molecule has 0 amide bonds. The first kappa shape index (κ1) is 22.7. The third kappa shape index (κ3) is 5.19. The van der Waals surface area contributed by atoms with Crippen LogP contribution in [0.2, 0.25) is 0 Å². The molecular formula is C23H31N5O3. The second kappa shape index (κ2) is 10.3. The van der Waals surface area contributed by atoms with Crippen molar-refractivity contribution < 1.29 is 14.6 Å². The number of allylic oxidation sites excluding steroid dienone is 4. The molecule has 0 radical (unpaired) electrons. The van der Waals surface area contributed by atoms with Crippen molar-refractivity contribution in [2.24, 2.45) is 20.9 Å². The van der Waals surface area contributed by atoms with Crippen molar-refractivity contribution in [1.82, 2.24) is 9.80 Å². The van der Waals surface area contributed by atoms with Crippen LogP contribution in [0.5, 0.6) is 0 Å². The third-order valence-electron chi connectivity index (χ3n) is 5.71. The van der Waals surface area contributed by atoms with E-state index in [0.29, 0.717) is 36.8 Å². The highest BCUT2D eigenvalue weighted by molar-refractivity contribution is 6.71. The summed E-state index contributed by atoms with van der Waals surface area (Å²) in [7, 11) is 3.42. The second-order valence-corrected chi connectivity index (χ2v) is 7.59. The fraction of sp³-hybridized carbons (Fsp3) is 0.478. The highest BCUT2D eigenvalue weighted by Gasteiger charge is 2.33. The molecule has 8 heteroatoms. The van der Waals surface area contributed by atoms with E-state index in [1.807, 2.05) is 30.1 Å². The molecule has 8 nitrogen and oxygen atoms in total. The summed E-state index contributed by atoms with van der Waals surface area (Å²) in [6.45, 7) is 10.5. The summed E-state index contributed by atoms with van der Waals surface area (Å²) in [5, 5.41) is 9.37. The van der Waals surface area contributed by atoms with E-state index in [0.717, 1.165) is 43.3 Å². The van der Waals surface area contributed by atoms with Crippen LogP contribution in [-0.2, 0) is 9.53 Å². The molecule has 0 aromatic heterocycles. The van der Waals surface area contributed by atoms with E-state index >= 15 is 0 Å². The van der Waals surface area contributed by atoms with Crippen molar-refractivity contribution in [2.45, 2.75) is 13.3 Å². The summed E-state index contributed by atoms with van der Waals surface area (Å²) in [5.41, 5.74) is 3.98. The Morgan fingerprint density at radius 1 is 1.26 bits per heavy atom. The van der Waals surface area contributed by atoms with Crippen molar-refractivity contribution >= 4 is 23.2 Å². The zero-order valence-corrected chi connectivity index (χ0v) is 18.5. The molecule has 3 rings (SSSR count). The van der Waals surface area contributed by atoms with Crippen molar-refractivity contribution in [3.63, 3.8) is 0 Å². The molecule has 0 aromatic carbocycles. The van der Waals surface area contributed by atoms with Crippen LogP contribution in [0.25, 0.3) is 0 Å². The Morgan fingerprint density at radius 2 is 2.00 bits per heavy atom. The number of aliphatic carboxylic acids is 1. The van der Waals surface area contributed by atoms with E-state index < -0.39 is 11.9 Å². The summed E-state index contributed by atoms with van der Waals surface area (Å²) in [6.07, 6.45) is 8.56. The van der Waals surface area contributed by atoms with Crippen LogP contribution in [-0.4, -0.2) is 91.6 Å². The van der Waals surface area contributed by atoms with E-state index in [9.17, 15) is 9.90 Å². The predicted molar refractivity (Wildman–Crippen MR) is 124 cm³/mol. The van der Waals surface area contributed by atoms with Crippen LogP contribution in [0.15, 0.2) is 62.8 Å². The van der Waals surface area contributed by atoms with Crippen LogP contribution in [0.4, 0.5) is 0 Å². The first-order chi connectivity index (χ1) is 15.0. The largest absolute Gasteiger partial charge is 0.481 e. The molecule has 0 saturated carbocycles. The van der Waals surface area contributed by atoms with Gasteiger partial charge in [0.2, 0.25) is 0 Å². The molecule has 2 fully saturated rings. The first-order valence-corrected chi connectivity index (χ1v) is 10.6. The van der Waals surface area contributed by atoms with Crippen LogP contribution in [0.3, 0.4) is 0 Å². The third-order valence-corrected chi connectivity index (χ3v) is 5.71. The molecule has 1 atom stereocenters. The number of carboxylic acid groups (broad SMARTS) is 1. The molecule has 0 spiro atoms. The summed E-state index contributed by atoms with van der Waals surface area (Å²) < 4.78 is 5.44. The van der Waals surface area contributed by atoms with Gasteiger partial charge in [-0.2, -0.15) is 0 Å². The molecule has 0 aliphatic carbocycles. The van der Waals surface area contributed by atoms with Crippen molar-refractivity contribution in [3.05, 3.63) is 47.9 Å². The van der Waals surface area contributed by atoms with E-state index in [1.54, 1.807) is 14.1 Å². The average Bonchev–Trinajstić information content (AvgIpc) is 3.29. The molecule has 3 aliphatic rings. The lowest BCUT2D eigenvalue weighted by Crippen LogP contribution is -2.40. The highest BCUT2D eigenvalue weighted by Crippen LogP contribution is 2.23. The Balaban J connectivity index is 1.83. The zero-order chi connectivity index (χ0) is 22.4. The molecule has 31 heavy (non-hydrogen) atoms. The number of morpholine rings is 1. The zero-order valence-electron chi connectivity index (χ0n) is 18.5. The van der Waals surface area contributed by atoms with E-state index in [4.69, 9.17) is 9.73 Å². The maximum Gasteiger partial charge on any atom is 0.308 e. The number of hydrogen-bond acceptors (Lipinski definition) is 7. The number of ether oxygens (including phenoxy) is 1. The minimum Gasteiger partial charge on any atom is -0.481 e. The fourth-order valence-electron chi connectivity index (χ4n) is 3.91. The van der Waals surface area contributed by atoms with E-state index in [-0.39, 0.29) is 0 Å². The Morgan fingerprint density at radius 3 is 2.58 bits per heavy atom. The minimum absolute atomic E-state index is 0.397. The Bertz CT molecular complexity index is 904. The van der Waals surface area contributed by atoms with Gasteiger partial charge in [0.05, 0.1) is 30.5 Å². The van der Waals surface area contributed by atoms with Gasteiger partial charge in [-0.1, -0.05) is 18.7 Å².